The molecule has 0 radical (unpaired) electrons. The van der Waals surface area contributed by atoms with Crippen molar-refractivity contribution in [1.29, 1.82) is 0 Å². The van der Waals surface area contributed by atoms with Gasteiger partial charge in [0.2, 0.25) is 11.8 Å². The molecule has 0 saturated heterocycles. The minimum atomic E-state index is -0.411. The maximum Gasteiger partial charge on any atom is 0.331 e. The number of carbonyl (C=O) groups excluding carboxylic acids is 3. The molecule has 202 valence electrons. The molecule has 1 aromatic carbocycles. The predicted molar refractivity (Wildman–Crippen MR) is 154 cm³/mol. The monoisotopic (exact) mass is 554 g/mol. The van der Waals surface area contributed by atoms with Crippen LogP contribution < -0.4 is 25.6 Å². The van der Waals surface area contributed by atoms with Crippen LogP contribution in [-0.2, 0) is 4.79 Å². The highest BCUT2D eigenvalue weighted by molar-refractivity contribution is 7.21. The van der Waals surface area contributed by atoms with Crippen LogP contribution in [0.5, 0.6) is 11.6 Å². The Morgan fingerprint density at radius 3 is 2.62 bits per heavy atom. The molecule has 1 fully saturated rings. The van der Waals surface area contributed by atoms with Gasteiger partial charge in [-0.25, -0.2) is 14.8 Å². The number of thiophene rings is 1. The van der Waals surface area contributed by atoms with Gasteiger partial charge in [0.25, 0.3) is 5.91 Å². The molecule has 2 aliphatic rings. The van der Waals surface area contributed by atoms with E-state index < -0.39 is 6.03 Å². The van der Waals surface area contributed by atoms with Gasteiger partial charge in [-0.15, -0.1) is 11.3 Å². The summed E-state index contributed by atoms with van der Waals surface area (Å²) >= 11 is 1.22. The number of anilines is 3. The van der Waals surface area contributed by atoms with Crippen LogP contribution in [0.4, 0.5) is 21.9 Å². The van der Waals surface area contributed by atoms with Crippen LogP contribution in [0.3, 0.4) is 0 Å². The lowest BCUT2D eigenvalue weighted by molar-refractivity contribution is -0.117. The van der Waals surface area contributed by atoms with E-state index in [0.29, 0.717) is 49.5 Å². The molecule has 2 unspecified atom stereocenters. The number of amides is 4. The highest BCUT2D eigenvalue weighted by atomic mass is 32.1. The van der Waals surface area contributed by atoms with Crippen LogP contribution in [-0.4, -0.2) is 39.9 Å². The van der Waals surface area contributed by atoms with Crippen LogP contribution >= 0.6 is 11.3 Å². The Balaban J connectivity index is 1.30. The number of para-hydroxylation sites is 1. The van der Waals surface area contributed by atoms with E-state index in [2.05, 4.69) is 32.5 Å². The lowest BCUT2D eigenvalue weighted by Gasteiger charge is -2.29. The molecule has 4 heterocycles. The van der Waals surface area contributed by atoms with Gasteiger partial charge in [0.1, 0.15) is 15.5 Å². The molecule has 3 aromatic heterocycles. The van der Waals surface area contributed by atoms with Crippen molar-refractivity contribution >= 4 is 56.5 Å². The number of ether oxygens (including phenoxy) is 1. The van der Waals surface area contributed by atoms with E-state index in [1.54, 1.807) is 24.4 Å². The van der Waals surface area contributed by atoms with Gasteiger partial charge in [-0.05, 0) is 56.5 Å². The summed E-state index contributed by atoms with van der Waals surface area (Å²) in [7, 11) is 0. The van der Waals surface area contributed by atoms with Gasteiger partial charge in [-0.2, -0.15) is 0 Å². The first-order valence-corrected chi connectivity index (χ1v) is 13.7. The molecule has 11 heteroatoms. The molecule has 4 aromatic rings. The quantitative estimate of drug-likeness (QED) is 0.262. The Kier molecular flexibility index (Phi) is 6.64. The first-order chi connectivity index (χ1) is 19.4. The van der Waals surface area contributed by atoms with Gasteiger partial charge in [0.15, 0.2) is 0 Å². The lowest BCUT2D eigenvalue weighted by Crippen LogP contribution is -2.48. The first kappa shape index (κ1) is 25.5. The predicted octanol–water partition coefficient (Wildman–Crippen LogP) is 5.43. The van der Waals surface area contributed by atoms with Crippen molar-refractivity contribution in [3.05, 3.63) is 78.0 Å². The van der Waals surface area contributed by atoms with Crippen molar-refractivity contribution in [3.63, 3.8) is 0 Å². The SMILES string of the molecule is C=CC(=O)NC1CCCC1NC(=O)c1sc2nccc3c2c1NC(=O)N3c1ccc(Oc2ccccc2)nc1C. The van der Waals surface area contributed by atoms with Crippen LogP contribution in [0, 0.1) is 6.92 Å². The lowest BCUT2D eigenvalue weighted by atomic mass is 10.1. The van der Waals surface area contributed by atoms with Gasteiger partial charge in [0.05, 0.1) is 28.1 Å². The number of aromatic nitrogens is 2. The second-order valence-corrected chi connectivity index (χ2v) is 10.6. The van der Waals surface area contributed by atoms with Crippen LogP contribution in [0.2, 0.25) is 0 Å². The van der Waals surface area contributed by atoms with E-state index in [-0.39, 0.29) is 23.9 Å². The maximum atomic E-state index is 13.5. The number of nitrogens with one attached hydrogen (secondary N) is 3. The number of hydrogen-bond acceptors (Lipinski definition) is 7. The average Bonchev–Trinajstić information content (AvgIpc) is 3.55. The second-order valence-electron chi connectivity index (χ2n) is 9.58. The summed E-state index contributed by atoms with van der Waals surface area (Å²) in [5.41, 5.74) is 2.22. The Morgan fingerprint density at radius 1 is 1.10 bits per heavy atom. The van der Waals surface area contributed by atoms with E-state index >= 15 is 0 Å². The summed E-state index contributed by atoms with van der Waals surface area (Å²) in [4.78, 5) is 50.3. The third-order valence-corrected chi connectivity index (χ3v) is 8.13. The Hall–Kier alpha value is -4.77. The van der Waals surface area contributed by atoms with Crippen molar-refractivity contribution in [2.24, 2.45) is 0 Å². The molecular weight excluding hydrogens is 528 g/mol. The number of hydrogen-bond donors (Lipinski definition) is 3. The molecule has 1 aliphatic heterocycles. The molecule has 4 amide bonds. The van der Waals surface area contributed by atoms with Gasteiger partial charge in [-0.3, -0.25) is 14.5 Å². The number of carbonyl (C=O) groups is 3. The summed E-state index contributed by atoms with van der Waals surface area (Å²) in [6.07, 6.45) is 5.24. The van der Waals surface area contributed by atoms with Crippen LogP contribution in [0.15, 0.2) is 67.4 Å². The zero-order valence-electron chi connectivity index (χ0n) is 21.6. The maximum absolute atomic E-state index is 13.5. The largest absolute Gasteiger partial charge is 0.439 e. The zero-order chi connectivity index (χ0) is 27.8. The summed E-state index contributed by atoms with van der Waals surface area (Å²) in [6, 6.07) is 13.8. The molecule has 10 nitrogen and oxygen atoms in total. The molecular formula is C29H26N6O4S. The van der Waals surface area contributed by atoms with E-state index in [1.807, 2.05) is 37.3 Å². The third kappa shape index (κ3) is 4.64. The van der Waals surface area contributed by atoms with E-state index in [9.17, 15) is 14.4 Å². The zero-order valence-corrected chi connectivity index (χ0v) is 22.5. The van der Waals surface area contributed by atoms with Gasteiger partial charge >= 0.3 is 6.03 Å². The van der Waals surface area contributed by atoms with Gasteiger partial charge in [-0.1, -0.05) is 24.8 Å². The van der Waals surface area contributed by atoms with Crippen molar-refractivity contribution in [3.8, 4) is 11.6 Å². The second kappa shape index (κ2) is 10.4. The normalized spacial score (nSPS) is 17.8. The number of pyridine rings is 2. The minimum absolute atomic E-state index is 0.178. The minimum Gasteiger partial charge on any atom is -0.439 e. The standard InChI is InChI=1S/C29H26N6O4S/c1-3-22(36)32-18-10-7-11-19(18)33-27(37)26-25-24-21(14-15-30-28(24)40-26)35(29(38)34-25)20-12-13-23(31-16(20)2)39-17-8-5-4-6-9-17/h3-6,8-9,12-15,18-19H,1,7,10-11H2,2H3,(H,32,36)(H,33,37)(H,34,38). The molecule has 1 saturated carbocycles. The molecule has 3 N–H and O–H groups in total. The van der Waals surface area contributed by atoms with Crippen LogP contribution in [0.25, 0.3) is 10.2 Å². The average molecular weight is 555 g/mol. The third-order valence-electron chi connectivity index (χ3n) is 7.04. The highest BCUT2D eigenvalue weighted by Gasteiger charge is 2.35. The number of nitrogens with zero attached hydrogens (tertiary/aromatic N) is 3. The van der Waals surface area contributed by atoms with E-state index in [0.717, 1.165) is 19.3 Å². The highest BCUT2D eigenvalue weighted by Crippen LogP contribution is 2.46. The van der Waals surface area contributed by atoms with Gasteiger partial charge in [0, 0.05) is 24.3 Å². The van der Waals surface area contributed by atoms with Crippen molar-refractivity contribution in [2.45, 2.75) is 38.3 Å². The molecule has 0 spiro atoms. The first-order valence-electron chi connectivity index (χ1n) is 12.9. The fraction of sp³-hybridized carbons (Fsp3) is 0.207. The summed E-state index contributed by atoms with van der Waals surface area (Å²) in [6.45, 7) is 5.31. The van der Waals surface area contributed by atoms with E-state index in [4.69, 9.17) is 4.74 Å². The van der Waals surface area contributed by atoms with E-state index in [1.165, 1.54) is 22.3 Å². The number of urea groups is 1. The molecule has 0 bridgehead atoms. The van der Waals surface area contributed by atoms with Crippen LogP contribution in [0.1, 0.15) is 34.6 Å². The van der Waals surface area contributed by atoms with Crippen molar-refractivity contribution in [2.75, 3.05) is 10.2 Å². The molecule has 2 atom stereocenters. The number of aryl methyl sites for hydroxylation is 1. The number of benzene rings is 1. The fourth-order valence-corrected chi connectivity index (χ4v) is 6.22. The van der Waals surface area contributed by atoms with Crippen molar-refractivity contribution in [1.82, 2.24) is 20.6 Å². The fourth-order valence-electron chi connectivity index (χ4n) is 5.20. The van der Waals surface area contributed by atoms with Crippen molar-refractivity contribution < 1.29 is 19.1 Å². The Labute approximate surface area is 234 Å². The molecule has 40 heavy (non-hydrogen) atoms. The topological polar surface area (TPSA) is 126 Å². The molecule has 1 aliphatic carbocycles. The Bertz CT molecular complexity index is 1650. The van der Waals surface area contributed by atoms with Gasteiger partial charge < -0.3 is 20.7 Å². The summed E-state index contributed by atoms with van der Waals surface area (Å²) < 4.78 is 5.85. The number of rotatable bonds is 7. The molecule has 6 rings (SSSR count). The Morgan fingerprint density at radius 2 is 1.88 bits per heavy atom. The summed E-state index contributed by atoms with van der Waals surface area (Å²) in [5, 5.41) is 9.55. The summed E-state index contributed by atoms with van der Waals surface area (Å²) in [5.74, 6) is 0.486. The smallest absolute Gasteiger partial charge is 0.331 e.